The summed E-state index contributed by atoms with van der Waals surface area (Å²) in [6.45, 7) is 2.25. The van der Waals surface area contributed by atoms with E-state index in [0.717, 1.165) is 25.1 Å². The molecule has 3 rings (SSSR count). The lowest BCUT2D eigenvalue weighted by atomic mass is 9.88. The Morgan fingerprint density at radius 2 is 1.65 bits per heavy atom. The highest BCUT2D eigenvalue weighted by atomic mass is 16.2. The first kappa shape index (κ1) is 18.3. The van der Waals surface area contributed by atoms with Crippen molar-refractivity contribution in [3.05, 3.63) is 71.3 Å². The Kier molecular flexibility index (Phi) is 6.18. The molecule has 0 saturated carbocycles. The minimum Gasteiger partial charge on any atom is -0.345 e. The number of carbonyl (C=O) groups is 2. The van der Waals surface area contributed by atoms with Crippen molar-refractivity contribution in [2.75, 3.05) is 26.7 Å². The van der Waals surface area contributed by atoms with E-state index in [0.29, 0.717) is 17.0 Å². The topological polar surface area (TPSA) is 49.4 Å². The molecule has 0 spiro atoms. The average molecular weight is 350 g/mol. The molecule has 4 nitrogen and oxygen atoms in total. The van der Waals surface area contributed by atoms with Crippen molar-refractivity contribution in [2.45, 2.75) is 19.3 Å². The molecule has 0 aromatic heterocycles. The molecule has 1 heterocycles. The average Bonchev–Trinajstić information content (AvgIpc) is 2.68. The van der Waals surface area contributed by atoms with Crippen LogP contribution in [0.15, 0.2) is 54.6 Å². The van der Waals surface area contributed by atoms with Crippen molar-refractivity contribution < 1.29 is 9.59 Å². The van der Waals surface area contributed by atoms with Gasteiger partial charge in [0.15, 0.2) is 5.78 Å². The molecular weight excluding hydrogens is 324 g/mol. The number of rotatable bonds is 6. The Morgan fingerprint density at radius 3 is 2.38 bits per heavy atom. The molecule has 1 fully saturated rings. The van der Waals surface area contributed by atoms with Crippen LogP contribution in [0.25, 0.3) is 0 Å². The van der Waals surface area contributed by atoms with Crippen molar-refractivity contribution in [1.82, 2.24) is 10.2 Å². The number of benzene rings is 2. The summed E-state index contributed by atoms with van der Waals surface area (Å²) >= 11 is 0. The molecule has 0 bridgehead atoms. The lowest BCUT2D eigenvalue weighted by molar-refractivity contribution is 0.0903. The highest BCUT2D eigenvalue weighted by molar-refractivity contribution is 6.02. The Morgan fingerprint density at radius 1 is 1.00 bits per heavy atom. The second kappa shape index (κ2) is 8.77. The van der Waals surface area contributed by atoms with Gasteiger partial charge in [-0.25, -0.2) is 0 Å². The highest BCUT2D eigenvalue weighted by Crippen LogP contribution is 2.22. The molecule has 0 aliphatic carbocycles. The third-order valence-corrected chi connectivity index (χ3v) is 5.11. The first-order valence-corrected chi connectivity index (χ1v) is 9.26. The van der Waals surface area contributed by atoms with E-state index in [2.05, 4.69) is 17.3 Å². The minimum absolute atomic E-state index is 0.0193. The number of likely N-dealkylation sites (tertiary alicyclic amines) is 1. The van der Waals surface area contributed by atoms with Gasteiger partial charge in [0.2, 0.25) is 0 Å². The smallest absolute Gasteiger partial charge is 0.251 e. The maximum atomic E-state index is 12.6. The normalized spacial score (nSPS) is 15.6. The van der Waals surface area contributed by atoms with Crippen molar-refractivity contribution in [3.8, 4) is 0 Å². The number of Topliss-reactive ketones (excluding diaryl/α,β-unsaturated/α-hetero) is 1. The van der Waals surface area contributed by atoms with Crippen LogP contribution in [-0.4, -0.2) is 43.3 Å². The van der Waals surface area contributed by atoms with Crippen molar-refractivity contribution in [3.63, 3.8) is 0 Å². The predicted molar refractivity (Wildman–Crippen MR) is 103 cm³/mol. The fourth-order valence-corrected chi connectivity index (χ4v) is 3.48. The molecule has 1 N–H and O–H groups in total. The molecule has 1 amide bonds. The van der Waals surface area contributed by atoms with Gasteiger partial charge in [0, 0.05) is 11.1 Å². The van der Waals surface area contributed by atoms with Crippen LogP contribution in [0.4, 0.5) is 0 Å². The summed E-state index contributed by atoms with van der Waals surface area (Å²) in [5.41, 5.74) is 2.38. The fraction of sp³-hybridized carbons (Fsp3) is 0.364. The molecule has 0 atom stereocenters. The summed E-state index contributed by atoms with van der Waals surface area (Å²) in [4.78, 5) is 27.2. The van der Waals surface area contributed by atoms with E-state index in [9.17, 15) is 9.59 Å². The molecular formula is C22H26N2O2. The van der Waals surface area contributed by atoms with Gasteiger partial charge < -0.3 is 10.2 Å². The van der Waals surface area contributed by atoms with Crippen molar-refractivity contribution in [2.24, 2.45) is 5.92 Å². The SMILES string of the molecule is CN1CCC(Cc2ccccc2C(=O)NCC(=O)c2ccccc2)CC1. The van der Waals surface area contributed by atoms with Crippen LogP contribution >= 0.6 is 0 Å². The van der Waals surface area contributed by atoms with E-state index >= 15 is 0 Å². The van der Waals surface area contributed by atoms with Gasteiger partial charge in [-0.3, -0.25) is 9.59 Å². The summed E-state index contributed by atoms with van der Waals surface area (Å²) in [7, 11) is 2.15. The van der Waals surface area contributed by atoms with Crippen LogP contribution in [0.5, 0.6) is 0 Å². The number of hydrogen-bond acceptors (Lipinski definition) is 3. The molecule has 136 valence electrons. The Bertz CT molecular complexity index is 750. The lowest BCUT2D eigenvalue weighted by Crippen LogP contribution is -2.32. The summed E-state index contributed by atoms with van der Waals surface area (Å²) in [6.07, 6.45) is 3.25. The molecule has 2 aromatic rings. The van der Waals surface area contributed by atoms with Crippen LogP contribution in [0.2, 0.25) is 0 Å². The maximum Gasteiger partial charge on any atom is 0.251 e. The van der Waals surface area contributed by atoms with E-state index in [1.54, 1.807) is 12.1 Å². The van der Waals surface area contributed by atoms with E-state index in [4.69, 9.17) is 0 Å². The van der Waals surface area contributed by atoms with Crippen LogP contribution in [0.3, 0.4) is 0 Å². The molecule has 26 heavy (non-hydrogen) atoms. The zero-order chi connectivity index (χ0) is 18.4. The first-order chi connectivity index (χ1) is 12.6. The van der Waals surface area contributed by atoms with E-state index in [-0.39, 0.29) is 18.2 Å². The van der Waals surface area contributed by atoms with Gasteiger partial charge in [0.05, 0.1) is 6.54 Å². The summed E-state index contributed by atoms with van der Waals surface area (Å²) < 4.78 is 0. The fourth-order valence-electron chi connectivity index (χ4n) is 3.48. The Labute approximate surface area is 155 Å². The zero-order valence-electron chi connectivity index (χ0n) is 15.3. The first-order valence-electron chi connectivity index (χ1n) is 9.26. The molecule has 4 heteroatoms. The summed E-state index contributed by atoms with van der Waals surface area (Å²) in [6, 6.07) is 16.8. The molecule has 1 saturated heterocycles. The van der Waals surface area contributed by atoms with Crippen LogP contribution in [0, 0.1) is 5.92 Å². The summed E-state index contributed by atoms with van der Waals surface area (Å²) in [5, 5.41) is 2.79. The third-order valence-electron chi connectivity index (χ3n) is 5.11. The van der Waals surface area contributed by atoms with Gasteiger partial charge in [-0.15, -0.1) is 0 Å². The van der Waals surface area contributed by atoms with Crippen LogP contribution in [-0.2, 0) is 6.42 Å². The summed E-state index contributed by atoms with van der Waals surface area (Å²) in [5.74, 6) is 0.371. The second-order valence-corrected chi connectivity index (χ2v) is 7.08. The standard InChI is InChI=1S/C22H26N2O2/c1-24-13-11-17(12-14-24)15-19-9-5-6-10-20(19)22(26)23-16-21(25)18-7-3-2-4-8-18/h2-10,17H,11-16H2,1H3,(H,23,26). The van der Waals surface area contributed by atoms with Gasteiger partial charge in [-0.2, -0.15) is 0 Å². The third kappa shape index (κ3) is 4.79. The van der Waals surface area contributed by atoms with Crippen molar-refractivity contribution >= 4 is 11.7 Å². The van der Waals surface area contributed by atoms with Crippen molar-refractivity contribution in [1.29, 1.82) is 0 Å². The second-order valence-electron chi connectivity index (χ2n) is 7.08. The van der Waals surface area contributed by atoms with Crippen LogP contribution in [0.1, 0.15) is 39.1 Å². The molecule has 0 radical (unpaired) electrons. The quantitative estimate of drug-likeness (QED) is 0.814. The molecule has 0 unspecified atom stereocenters. The number of ketones is 1. The van der Waals surface area contributed by atoms with Crippen LogP contribution < -0.4 is 5.32 Å². The zero-order valence-corrected chi connectivity index (χ0v) is 15.3. The van der Waals surface area contributed by atoms with Gasteiger partial charge in [-0.1, -0.05) is 48.5 Å². The number of carbonyl (C=O) groups excluding carboxylic acids is 2. The Balaban J connectivity index is 1.61. The van der Waals surface area contributed by atoms with E-state index in [1.165, 1.54) is 12.8 Å². The minimum atomic E-state index is -0.169. The monoisotopic (exact) mass is 350 g/mol. The van der Waals surface area contributed by atoms with E-state index in [1.807, 2.05) is 42.5 Å². The Hall–Kier alpha value is -2.46. The number of amides is 1. The predicted octanol–water partition coefficient (Wildman–Crippen LogP) is 3.18. The number of nitrogens with zero attached hydrogens (tertiary/aromatic N) is 1. The number of nitrogens with one attached hydrogen (secondary N) is 1. The van der Waals surface area contributed by atoms with Gasteiger partial charge in [0.25, 0.3) is 5.91 Å². The highest BCUT2D eigenvalue weighted by Gasteiger charge is 2.20. The van der Waals surface area contributed by atoms with Gasteiger partial charge in [-0.05, 0) is 56.9 Å². The van der Waals surface area contributed by atoms with Gasteiger partial charge >= 0.3 is 0 Å². The molecule has 1 aliphatic heterocycles. The van der Waals surface area contributed by atoms with Gasteiger partial charge in [0.1, 0.15) is 0 Å². The largest absolute Gasteiger partial charge is 0.345 e. The number of piperidine rings is 1. The molecule has 2 aromatic carbocycles. The molecule has 1 aliphatic rings. The lowest BCUT2D eigenvalue weighted by Gasteiger charge is -2.29. The number of hydrogen-bond donors (Lipinski definition) is 1. The maximum absolute atomic E-state index is 12.6. The van der Waals surface area contributed by atoms with E-state index < -0.39 is 0 Å².